The van der Waals surface area contributed by atoms with Gasteiger partial charge in [-0.25, -0.2) is 9.89 Å². The fourth-order valence-electron chi connectivity index (χ4n) is 1.58. The van der Waals surface area contributed by atoms with Crippen molar-refractivity contribution in [3.8, 4) is 11.4 Å². The maximum atomic E-state index is 12.2. The van der Waals surface area contributed by atoms with Crippen molar-refractivity contribution in [3.05, 3.63) is 39.8 Å². The first-order valence-electron chi connectivity index (χ1n) is 6.35. The van der Waals surface area contributed by atoms with E-state index in [1.165, 1.54) is 0 Å². The van der Waals surface area contributed by atoms with Crippen LogP contribution in [0, 0.1) is 0 Å². The summed E-state index contributed by atoms with van der Waals surface area (Å²) in [6.07, 6.45) is -5.42. The van der Waals surface area contributed by atoms with Crippen LogP contribution in [0.2, 0.25) is 5.02 Å². The highest BCUT2D eigenvalue weighted by molar-refractivity contribution is 6.30. The topological polar surface area (TPSA) is 50.7 Å². The summed E-state index contributed by atoms with van der Waals surface area (Å²) in [6, 6.07) is 6.32. The lowest BCUT2D eigenvalue weighted by Crippen LogP contribution is -2.21. The summed E-state index contributed by atoms with van der Waals surface area (Å²) in [4.78, 5) is 11.4. The van der Waals surface area contributed by atoms with Gasteiger partial charge in [-0.1, -0.05) is 25.4 Å². The molecule has 0 aliphatic rings. The van der Waals surface area contributed by atoms with E-state index in [0.29, 0.717) is 10.6 Å². The van der Waals surface area contributed by atoms with Gasteiger partial charge in [-0.2, -0.15) is 18.3 Å². The highest BCUT2D eigenvalue weighted by Crippen LogP contribution is 2.22. The number of hydrogen-bond acceptors (Lipinski definition) is 2. The van der Waals surface area contributed by atoms with Gasteiger partial charge in [0, 0.05) is 17.1 Å². The number of nitrogens with zero attached hydrogens (tertiary/aromatic N) is 2. The van der Waals surface area contributed by atoms with E-state index in [-0.39, 0.29) is 5.82 Å². The maximum Gasteiger partial charge on any atom is 0.390 e. The molecule has 0 spiro atoms. The zero-order valence-electron chi connectivity index (χ0n) is 11.5. The minimum atomic E-state index is -4.33. The number of aromatic nitrogens is 3. The van der Waals surface area contributed by atoms with Gasteiger partial charge in [0.2, 0.25) is 0 Å². The van der Waals surface area contributed by atoms with Crippen LogP contribution in [0.1, 0.15) is 20.3 Å². The molecule has 0 aliphatic heterocycles. The lowest BCUT2D eigenvalue weighted by atomic mass is 10.2. The number of aromatic amines is 1. The number of H-pyrrole nitrogens is 1. The molecule has 0 saturated heterocycles. The summed E-state index contributed by atoms with van der Waals surface area (Å²) in [5.74, 6) is 0.158. The average Bonchev–Trinajstić information content (AvgIpc) is 2.80. The smallest absolute Gasteiger partial charge is 0.275 e. The van der Waals surface area contributed by atoms with Gasteiger partial charge in [-0.15, -0.1) is 0 Å². The van der Waals surface area contributed by atoms with Crippen molar-refractivity contribution < 1.29 is 13.2 Å². The molecule has 1 aromatic carbocycles. The van der Waals surface area contributed by atoms with Crippen molar-refractivity contribution in [1.29, 1.82) is 0 Å². The number of hydrogen-bond donors (Lipinski definition) is 1. The van der Waals surface area contributed by atoms with Gasteiger partial charge in [0.15, 0.2) is 5.82 Å². The maximum absolute atomic E-state index is 12.2. The molecule has 2 rings (SSSR count). The van der Waals surface area contributed by atoms with Crippen LogP contribution in [-0.4, -0.2) is 20.9 Å². The second kappa shape index (κ2) is 7.31. The number of rotatable bonds is 3. The number of alkyl halides is 3. The second-order valence-electron chi connectivity index (χ2n) is 3.88. The Balaban J connectivity index is 0.00000106. The Morgan fingerprint density at radius 2 is 1.81 bits per heavy atom. The highest BCUT2D eigenvalue weighted by Gasteiger charge is 2.27. The summed E-state index contributed by atoms with van der Waals surface area (Å²) in [7, 11) is 0. The van der Waals surface area contributed by atoms with E-state index in [1.54, 1.807) is 24.3 Å². The SMILES string of the molecule is CC.O=c1[nH]nc(-c2ccc(Cl)cc2)n1CCC(F)(F)F. The fourth-order valence-corrected chi connectivity index (χ4v) is 1.71. The molecule has 2 aromatic rings. The van der Waals surface area contributed by atoms with E-state index in [4.69, 9.17) is 11.6 Å². The van der Waals surface area contributed by atoms with Crippen LogP contribution in [0.4, 0.5) is 13.2 Å². The molecule has 0 aliphatic carbocycles. The van der Waals surface area contributed by atoms with Gasteiger partial charge in [-0.3, -0.25) is 4.57 Å². The Bertz CT molecular complexity index is 617. The fraction of sp³-hybridized carbons (Fsp3) is 0.385. The standard InChI is InChI=1S/C11H9ClF3N3O.C2H6/c12-8-3-1-7(2-4-8)9-16-17-10(19)18(9)6-5-11(13,14)15;1-2/h1-4H,5-6H2,(H,17,19);1-2H3. The lowest BCUT2D eigenvalue weighted by Gasteiger charge is -2.08. The number of benzene rings is 1. The van der Waals surface area contributed by atoms with E-state index < -0.39 is 24.8 Å². The van der Waals surface area contributed by atoms with Gasteiger partial charge in [-0.05, 0) is 24.3 Å². The van der Waals surface area contributed by atoms with Gasteiger partial charge >= 0.3 is 11.9 Å². The first-order chi connectivity index (χ1) is 9.87. The Hall–Kier alpha value is -1.76. The zero-order chi connectivity index (χ0) is 16.0. The van der Waals surface area contributed by atoms with Crippen LogP contribution in [0.15, 0.2) is 29.1 Å². The van der Waals surface area contributed by atoms with E-state index in [2.05, 4.69) is 10.2 Å². The first kappa shape index (κ1) is 17.3. The normalized spacial score (nSPS) is 11.0. The molecule has 0 unspecified atom stereocenters. The zero-order valence-corrected chi connectivity index (χ0v) is 12.3. The van der Waals surface area contributed by atoms with Crippen LogP contribution in [-0.2, 0) is 6.54 Å². The number of nitrogens with one attached hydrogen (secondary N) is 1. The molecular formula is C13H15ClF3N3O. The summed E-state index contributed by atoms with van der Waals surface area (Å²) in [5.41, 5.74) is -0.154. The average molecular weight is 322 g/mol. The minimum Gasteiger partial charge on any atom is -0.275 e. The third-order valence-corrected chi connectivity index (χ3v) is 2.73. The van der Waals surface area contributed by atoms with Gasteiger partial charge < -0.3 is 0 Å². The Morgan fingerprint density at radius 1 is 1.24 bits per heavy atom. The van der Waals surface area contributed by atoms with Gasteiger partial charge in [0.25, 0.3) is 0 Å². The van der Waals surface area contributed by atoms with Crippen LogP contribution in [0.3, 0.4) is 0 Å². The van der Waals surface area contributed by atoms with Crippen molar-refractivity contribution in [1.82, 2.24) is 14.8 Å². The predicted molar refractivity (Wildman–Crippen MR) is 75.3 cm³/mol. The third kappa shape index (κ3) is 4.93. The monoisotopic (exact) mass is 321 g/mol. The van der Waals surface area contributed by atoms with E-state index in [1.807, 2.05) is 13.8 Å². The number of halogens is 4. The van der Waals surface area contributed by atoms with Crippen molar-refractivity contribution in [2.24, 2.45) is 0 Å². The van der Waals surface area contributed by atoms with Crippen LogP contribution >= 0.6 is 11.6 Å². The predicted octanol–water partition coefficient (Wildman–Crippen LogP) is 3.87. The van der Waals surface area contributed by atoms with Crippen molar-refractivity contribution in [2.45, 2.75) is 33.0 Å². The van der Waals surface area contributed by atoms with Crippen molar-refractivity contribution in [2.75, 3.05) is 0 Å². The molecule has 0 fully saturated rings. The molecule has 8 heteroatoms. The van der Waals surface area contributed by atoms with Gasteiger partial charge in [0.1, 0.15) is 0 Å². The quantitative estimate of drug-likeness (QED) is 0.933. The van der Waals surface area contributed by atoms with E-state index >= 15 is 0 Å². The molecule has 21 heavy (non-hydrogen) atoms. The first-order valence-corrected chi connectivity index (χ1v) is 6.72. The Morgan fingerprint density at radius 3 is 2.33 bits per heavy atom. The largest absolute Gasteiger partial charge is 0.390 e. The van der Waals surface area contributed by atoms with Crippen LogP contribution in [0.5, 0.6) is 0 Å². The molecule has 0 saturated carbocycles. The molecular weight excluding hydrogens is 307 g/mol. The Kier molecular flexibility index (Phi) is 6.02. The summed E-state index contributed by atoms with van der Waals surface area (Å²) in [5, 5.41) is 6.36. The molecule has 4 nitrogen and oxygen atoms in total. The lowest BCUT2D eigenvalue weighted by molar-refractivity contribution is -0.136. The molecule has 0 radical (unpaired) electrons. The van der Waals surface area contributed by atoms with E-state index in [0.717, 1.165) is 4.57 Å². The Labute approximate surface area is 124 Å². The second-order valence-corrected chi connectivity index (χ2v) is 4.31. The molecule has 116 valence electrons. The van der Waals surface area contributed by atoms with Crippen molar-refractivity contribution in [3.63, 3.8) is 0 Å². The molecule has 1 heterocycles. The molecule has 0 atom stereocenters. The molecule has 1 N–H and O–H groups in total. The molecule has 0 bridgehead atoms. The van der Waals surface area contributed by atoms with Crippen LogP contribution < -0.4 is 5.69 Å². The van der Waals surface area contributed by atoms with Crippen molar-refractivity contribution >= 4 is 11.6 Å². The molecule has 0 amide bonds. The highest BCUT2D eigenvalue weighted by atomic mass is 35.5. The van der Waals surface area contributed by atoms with Crippen LogP contribution in [0.25, 0.3) is 11.4 Å². The van der Waals surface area contributed by atoms with Gasteiger partial charge in [0.05, 0.1) is 6.42 Å². The molecule has 1 aromatic heterocycles. The third-order valence-electron chi connectivity index (χ3n) is 2.48. The summed E-state index contributed by atoms with van der Waals surface area (Å²) < 4.78 is 37.6. The summed E-state index contributed by atoms with van der Waals surface area (Å²) in [6.45, 7) is 3.52. The summed E-state index contributed by atoms with van der Waals surface area (Å²) >= 11 is 5.72. The minimum absolute atomic E-state index is 0.158. The van der Waals surface area contributed by atoms with E-state index in [9.17, 15) is 18.0 Å².